The van der Waals surface area contributed by atoms with Crippen molar-refractivity contribution in [1.29, 1.82) is 0 Å². The molecule has 0 amide bonds. The maximum absolute atomic E-state index is 6.49. The van der Waals surface area contributed by atoms with Crippen LogP contribution in [0.5, 0.6) is 0 Å². The van der Waals surface area contributed by atoms with Crippen molar-refractivity contribution < 1.29 is 28.4 Å². The number of ether oxygens (including phenoxy) is 6. The average Bonchev–Trinajstić information content (AvgIpc) is 3.67. The highest BCUT2D eigenvalue weighted by atomic mass is 16.9. The highest BCUT2D eigenvalue weighted by Crippen LogP contribution is 2.45. The van der Waals surface area contributed by atoms with E-state index in [1.54, 1.807) is 7.11 Å². The molecule has 0 saturated carbocycles. The highest BCUT2D eigenvalue weighted by Gasteiger charge is 2.65. The van der Waals surface area contributed by atoms with Crippen molar-refractivity contribution in [2.24, 2.45) is 0 Å². The second kappa shape index (κ2) is 10.8. The lowest BCUT2D eigenvalue weighted by Gasteiger charge is -2.44. The fraction of sp³-hybridized carbons (Fsp3) is 0.357. The standard InChI is InChI=1S/C28H30O6/c1-29-27-25(31-18-22-13-7-3-8-14-22)24(30-17-21-11-5-2-6-12-21)26(28(34-27)20-33-28)32-19-23-15-9-4-10-16-23/h2-16,24-27H,17-20H2,1H3/t24-,25-,26+,27+,28+/m1/s1. The normalized spacial score (nSPS) is 28.1. The van der Waals surface area contributed by atoms with Crippen molar-refractivity contribution in [3.8, 4) is 0 Å². The lowest BCUT2D eigenvalue weighted by molar-refractivity contribution is -0.345. The van der Waals surface area contributed by atoms with Gasteiger partial charge < -0.3 is 28.4 Å². The minimum atomic E-state index is -0.899. The molecular weight excluding hydrogens is 432 g/mol. The SMILES string of the molecule is CO[C@H]1O[C@@]2(CO2)[C@@H](OCc2ccccc2)[C@H](OCc2ccccc2)[C@H]1OCc1ccccc1. The first-order valence-corrected chi connectivity index (χ1v) is 11.6. The molecule has 34 heavy (non-hydrogen) atoms. The fourth-order valence-corrected chi connectivity index (χ4v) is 4.26. The molecule has 5 rings (SSSR count). The van der Waals surface area contributed by atoms with Crippen LogP contribution in [0.1, 0.15) is 16.7 Å². The molecule has 0 aliphatic carbocycles. The molecule has 2 saturated heterocycles. The molecule has 0 radical (unpaired) electrons. The van der Waals surface area contributed by atoms with E-state index >= 15 is 0 Å². The predicted molar refractivity (Wildman–Crippen MR) is 126 cm³/mol. The van der Waals surface area contributed by atoms with Gasteiger partial charge in [0.2, 0.25) is 5.79 Å². The predicted octanol–water partition coefficient (Wildman–Crippen LogP) is 4.47. The Balaban J connectivity index is 1.38. The summed E-state index contributed by atoms with van der Waals surface area (Å²) in [7, 11) is 1.61. The minimum absolute atomic E-state index is 0.402. The first-order chi connectivity index (χ1) is 16.8. The Morgan fingerprint density at radius 1 is 0.676 bits per heavy atom. The number of rotatable bonds is 10. The summed E-state index contributed by atoms with van der Waals surface area (Å²) < 4.78 is 37.0. The number of hydrogen-bond acceptors (Lipinski definition) is 6. The summed E-state index contributed by atoms with van der Waals surface area (Å²) in [5.41, 5.74) is 3.19. The zero-order chi connectivity index (χ0) is 23.2. The van der Waals surface area contributed by atoms with Gasteiger partial charge in [-0.05, 0) is 16.7 Å². The molecule has 2 fully saturated rings. The Morgan fingerprint density at radius 3 is 1.56 bits per heavy atom. The van der Waals surface area contributed by atoms with Crippen LogP contribution in [0.25, 0.3) is 0 Å². The van der Waals surface area contributed by atoms with Crippen LogP contribution in [-0.4, -0.2) is 44.1 Å². The lowest BCUT2D eigenvalue weighted by Crippen LogP contribution is -2.62. The van der Waals surface area contributed by atoms with E-state index < -0.39 is 30.4 Å². The Labute approximate surface area is 200 Å². The summed E-state index contributed by atoms with van der Waals surface area (Å²) in [5.74, 6) is -0.899. The summed E-state index contributed by atoms with van der Waals surface area (Å²) in [4.78, 5) is 0. The van der Waals surface area contributed by atoms with E-state index in [0.29, 0.717) is 26.4 Å². The van der Waals surface area contributed by atoms with Crippen LogP contribution in [0.2, 0.25) is 0 Å². The van der Waals surface area contributed by atoms with Gasteiger partial charge in [-0.15, -0.1) is 0 Å². The number of benzene rings is 3. The molecule has 6 nitrogen and oxygen atoms in total. The van der Waals surface area contributed by atoms with E-state index in [4.69, 9.17) is 28.4 Å². The topological polar surface area (TPSA) is 58.7 Å². The number of epoxide rings is 1. The van der Waals surface area contributed by atoms with Crippen LogP contribution < -0.4 is 0 Å². The van der Waals surface area contributed by atoms with Gasteiger partial charge in [0.05, 0.1) is 19.8 Å². The molecule has 1 spiro atoms. The van der Waals surface area contributed by atoms with Crippen molar-refractivity contribution in [3.63, 3.8) is 0 Å². The van der Waals surface area contributed by atoms with E-state index in [1.165, 1.54) is 0 Å². The molecule has 2 aliphatic rings. The minimum Gasteiger partial charge on any atom is -0.368 e. The van der Waals surface area contributed by atoms with Gasteiger partial charge >= 0.3 is 0 Å². The first-order valence-electron chi connectivity index (χ1n) is 11.6. The molecule has 2 heterocycles. The van der Waals surface area contributed by atoms with Gasteiger partial charge in [-0.25, -0.2) is 0 Å². The zero-order valence-electron chi connectivity index (χ0n) is 19.2. The number of methoxy groups -OCH3 is 1. The third kappa shape index (κ3) is 5.39. The molecule has 3 aromatic carbocycles. The van der Waals surface area contributed by atoms with E-state index in [9.17, 15) is 0 Å². The average molecular weight is 463 g/mol. The lowest BCUT2D eigenvalue weighted by atomic mass is 9.98. The smallest absolute Gasteiger partial charge is 0.224 e. The van der Waals surface area contributed by atoms with Gasteiger partial charge in [0.25, 0.3) is 0 Å². The third-order valence-electron chi connectivity index (χ3n) is 6.14. The van der Waals surface area contributed by atoms with Crippen molar-refractivity contribution in [1.82, 2.24) is 0 Å². The van der Waals surface area contributed by atoms with Gasteiger partial charge in [-0.3, -0.25) is 0 Å². The molecular formula is C28H30O6. The van der Waals surface area contributed by atoms with E-state index in [-0.39, 0.29) is 0 Å². The van der Waals surface area contributed by atoms with Crippen LogP contribution in [0, 0.1) is 0 Å². The molecule has 5 atom stereocenters. The van der Waals surface area contributed by atoms with Gasteiger partial charge in [0.1, 0.15) is 24.9 Å². The summed E-state index contributed by atoms with van der Waals surface area (Å²) in [5, 5.41) is 0. The molecule has 2 aliphatic heterocycles. The van der Waals surface area contributed by atoms with Crippen LogP contribution in [-0.2, 0) is 48.2 Å². The van der Waals surface area contributed by atoms with Crippen LogP contribution in [0.4, 0.5) is 0 Å². The van der Waals surface area contributed by atoms with Gasteiger partial charge in [0, 0.05) is 7.11 Å². The van der Waals surface area contributed by atoms with Crippen LogP contribution in [0.3, 0.4) is 0 Å². The quantitative estimate of drug-likeness (QED) is 0.415. The second-order valence-corrected chi connectivity index (χ2v) is 8.56. The Bertz CT molecular complexity index is 1010. The fourth-order valence-electron chi connectivity index (χ4n) is 4.26. The van der Waals surface area contributed by atoms with Crippen molar-refractivity contribution >= 4 is 0 Å². The van der Waals surface area contributed by atoms with E-state index in [0.717, 1.165) is 16.7 Å². The van der Waals surface area contributed by atoms with E-state index in [2.05, 4.69) is 0 Å². The molecule has 0 N–H and O–H groups in total. The summed E-state index contributed by atoms with van der Waals surface area (Å²) in [6.07, 6.45) is -2.11. The highest BCUT2D eigenvalue weighted by molar-refractivity contribution is 5.16. The molecule has 3 aromatic rings. The van der Waals surface area contributed by atoms with Gasteiger partial charge in [-0.2, -0.15) is 0 Å². The zero-order valence-corrected chi connectivity index (χ0v) is 19.2. The van der Waals surface area contributed by atoms with Crippen LogP contribution >= 0.6 is 0 Å². The molecule has 0 unspecified atom stereocenters. The van der Waals surface area contributed by atoms with Crippen LogP contribution in [0.15, 0.2) is 91.0 Å². The second-order valence-electron chi connectivity index (χ2n) is 8.56. The largest absolute Gasteiger partial charge is 0.368 e. The summed E-state index contributed by atoms with van der Waals surface area (Å²) >= 11 is 0. The maximum Gasteiger partial charge on any atom is 0.224 e. The van der Waals surface area contributed by atoms with Gasteiger partial charge in [-0.1, -0.05) is 91.0 Å². The Hall–Kier alpha value is -2.58. The molecule has 0 bridgehead atoms. The Morgan fingerprint density at radius 2 is 1.12 bits per heavy atom. The maximum atomic E-state index is 6.49. The van der Waals surface area contributed by atoms with E-state index in [1.807, 2.05) is 91.0 Å². The van der Waals surface area contributed by atoms with Crippen molar-refractivity contribution in [2.75, 3.05) is 13.7 Å². The summed E-state index contributed by atoms with van der Waals surface area (Å²) in [6.45, 7) is 1.64. The number of hydrogen-bond donors (Lipinski definition) is 0. The first kappa shape index (κ1) is 23.2. The molecule has 178 valence electrons. The van der Waals surface area contributed by atoms with Crippen molar-refractivity contribution in [2.45, 2.75) is 50.2 Å². The molecule has 0 aromatic heterocycles. The van der Waals surface area contributed by atoms with Gasteiger partial charge in [0.15, 0.2) is 6.29 Å². The Kier molecular flexibility index (Phi) is 7.35. The third-order valence-corrected chi connectivity index (χ3v) is 6.14. The molecule has 6 heteroatoms. The summed E-state index contributed by atoms with van der Waals surface area (Å²) in [6, 6.07) is 30.1. The monoisotopic (exact) mass is 462 g/mol. The van der Waals surface area contributed by atoms with Crippen molar-refractivity contribution in [3.05, 3.63) is 108 Å².